The second-order valence-electron chi connectivity index (χ2n) is 5.71. The molecule has 2 aromatic rings. The Hall–Kier alpha value is -2.07. The smallest absolute Gasteiger partial charge is 0.122 e. The van der Waals surface area contributed by atoms with Crippen molar-refractivity contribution in [2.75, 3.05) is 11.9 Å². The van der Waals surface area contributed by atoms with Crippen LogP contribution in [0.5, 0.6) is 11.5 Å². The van der Waals surface area contributed by atoms with Gasteiger partial charge in [-0.2, -0.15) is 0 Å². The lowest BCUT2D eigenvalue weighted by atomic mass is 10.1. The first-order chi connectivity index (χ1) is 11.5. The fraction of sp³-hybridized carbons (Fsp3) is 0.350. The summed E-state index contributed by atoms with van der Waals surface area (Å²) in [4.78, 5) is 0.802. The third-order valence-electron chi connectivity index (χ3n) is 3.70. The highest BCUT2D eigenvalue weighted by atomic mass is 32.1. The summed E-state index contributed by atoms with van der Waals surface area (Å²) in [6.07, 6.45) is 0.797. The van der Waals surface area contributed by atoms with Gasteiger partial charge in [-0.05, 0) is 51.0 Å². The van der Waals surface area contributed by atoms with E-state index in [-0.39, 0.29) is 0 Å². The molecule has 24 heavy (non-hydrogen) atoms. The van der Waals surface area contributed by atoms with Gasteiger partial charge in [-0.1, -0.05) is 36.8 Å². The first kappa shape index (κ1) is 18.3. The molecule has 2 aromatic carbocycles. The van der Waals surface area contributed by atoms with E-state index in [9.17, 15) is 0 Å². The monoisotopic (exact) mass is 343 g/mol. The maximum Gasteiger partial charge on any atom is 0.122 e. The van der Waals surface area contributed by atoms with E-state index >= 15 is 0 Å². The topological polar surface area (TPSA) is 30.5 Å². The summed E-state index contributed by atoms with van der Waals surface area (Å²) in [5, 5.41) is 3.29. The summed E-state index contributed by atoms with van der Waals surface area (Å²) in [5.74, 6) is 1.73. The molecule has 3 nitrogen and oxygen atoms in total. The summed E-state index contributed by atoms with van der Waals surface area (Å²) in [6.45, 7) is 9.26. The average Bonchev–Trinajstić information content (AvgIpc) is 2.55. The molecule has 128 valence electrons. The molecule has 0 saturated heterocycles. The second-order valence-corrected chi connectivity index (χ2v) is 6.20. The lowest BCUT2D eigenvalue weighted by molar-refractivity contribution is 0.304. The number of anilines is 1. The third-order valence-corrected chi connectivity index (χ3v) is 4.09. The molecule has 0 aromatic heterocycles. The van der Waals surface area contributed by atoms with Gasteiger partial charge in [-0.25, -0.2) is 0 Å². The van der Waals surface area contributed by atoms with Gasteiger partial charge in [-0.15, -0.1) is 0 Å². The van der Waals surface area contributed by atoms with E-state index in [0.717, 1.165) is 39.7 Å². The standard InChI is InChI=1S/C20H25NO2S/c1-5-20(24)21-18-12-17(22-6-2)9-8-16(18)13-23-19-10-7-14(3)11-15(19)4/h7-12H,5-6,13H2,1-4H3,(H,21,24). The molecule has 0 heterocycles. The van der Waals surface area contributed by atoms with Crippen LogP contribution in [0.25, 0.3) is 0 Å². The molecule has 0 amide bonds. The molecular formula is C20H25NO2S. The van der Waals surface area contributed by atoms with Crippen LogP contribution in [0.1, 0.15) is 37.0 Å². The number of nitrogens with one attached hydrogen (secondary N) is 1. The van der Waals surface area contributed by atoms with Gasteiger partial charge < -0.3 is 14.8 Å². The van der Waals surface area contributed by atoms with Crippen LogP contribution in [-0.2, 0) is 6.61 Å². The Morgan fingerprint density at radius 1 is 1.04 bits per heavy atom. The molecule has 0 unspecified atom stereocenters. The van der Waals surface area contributed by atoms with Gasteiger partial charge in [0.25, 0.3) is 0 Å². The highest BCUT2D eigenvalue weighted by Crippen LogP contribution is 2.26. The van der Waals surface area contributed by atoms with Crippen molar-refractivity contribution in [3.8, 4) is 11.5 Å². The lowest BCUT2D eigenvalue weighted by Gasteiger charge is -2.16. The molecule has 0 fully saturated rings. The van der Waals surface area contributed by atoms with Gasteiger partial charge in [0, 0.05) is 17.3 Å². The average molecular weight is 343 g/mol. The number of hydrogen-bond donors (Lipinski definition) is 1. The number of rotatable bonds is 7. The van der Waals surface area contributed by atoms with Crippen molar-refractivity contribution in [2.45, 2.75) is 40.7 Å². The summed E-state index contributed by atoms with van der Waals surface area (Å²) >= 11 is 5.32. The summed E-state index contributed by atoms with van der Waals surface area (Å²) < 4.78 is 11.6. The number of benzene rings is 2. The predicted octanol–water partition coefficient (Wildman–Crippen LogP) is 5.43. The van der Waals surface area contributed by atoms with Gasteiger partial charge in [0.05, 0.1) is 11.6 Å². The number of thiocarbonyl (C=S) groups is 1. The van der Waals surface area contributed by atoms with Gasteiger partial charge >= 0.3 is 0 Å². The Morgan fingerprint density at radius 3 is 2.50 bits per heavy atom. The molecule has 1 N–H and O–H groups in total. The maximum absolute atomic E-state index is 6.01. The van der Waals surface area contributed by atoms with Crippen molar-refractivity contribution in [3.63, 3.8) is 0 Å². The lowest BCUT2D eigenvalue weighted by Crippen LogP contribution is -2.11. The SMILES string of the molecule is CCOc1ccc(COc2ccc(C)cc2C)c(NC(=S)CC)c1. The van der Waals surface area contributed by atoms with Crippen LogP contribution >= 0.6 is 12.2 Å². The van der Waals surface area contributed by atoms with Crippen LogP contribution in [-0.4, -0.2) is 11.6 Å². The van der Waals surface area contributed by atoms with Crippen LogP contribution in [0.3, 0.4) is 0 Å². The second kappa shape index (κ2) is 8.69. The van der Waals surface area contributed by atoms with Crippen LogP contribution in [0, 0.1) is 13.8 Å². The third kappa shape index (κ3) is 4.96. The summed E-state index contributed by atoms with van der Waals surface area (Å²) in [5.41, 5.74) is 4.36. The Labute approximate surface area is 150 Å². The molecule has 0 spiro atoms. The van der Waals surface area contributed by atoms with E-state index in [0.29, 0.717) is 13.2 Å². The highest BCUT2D eigenvalue weighted by molar-refractivity contribution is 7.80. The fourth-order valence-electron chi connectivity index (χ4n) is 2.41. The van der Waals surface area contributed by atoms with Crippen molar-refractivity contribution < 1.29 is 9.47 Å². The Kier molecular flexibility index (Phi) is 6.62. The van der Waals surface area contributed by atoms with Crippen LogP contribution in [0.4, 0.5) is 5.69 Å². The van der Waals surface area contributed by atoms with E-state index < -0.39 is 0 Å². The van der Waals surface area contributed by atoms with Gasteiger partial charge in [-0.3, -0.25) is 0 Å². The van der Waals surface area contributed by atoms with Crippen LogP contribution < -0.4 is 14.8 Å². The molecule has 0 saturated carbocycles. The van der Waals surface area contributed by atoms with E-state index in [2.05, 4.69) is 31.3 Å². The Balaban J connectivity index is 2.19. The summed E-state index contributed by atoms with van der Waals surface area (Å²) in [7, 11) is 0. The van der Waals surface area contributed by atoms with Gasteiger partial charge in [0.15, 0.2) is 0 Å². The number of hydrogen-bond acceptors (Lipinski definition) is 3. The largest absolute Gasteiger partial charge is 0.494 e. The molecule has 0 atom stereocenters. The molecule has 4 heteroatoms. The van der Waals surface area contributed by atoms with Crippen molar-refractivity contribution in [1.29, 1.82) is 0 Å². The van der Waals surface area contributed by atoms with E-state index in [4.69, 9.17) is 21.7 Å². The highest BCUT2D eigenvalue weighted by Gasteiger charge is 2.08. The quantitative estimate of drug-likeness (QED) is 0.679. The van der Waals surface area contributed by atoms with Crippen molar-refractivity contribution in [3.05, 3.63) is 53.1 Å². The molecule has 0 aliphatic rings. The first-order valence-corrected chi connectivity index (χ1v) is 8.70. The molecule has 0 aliphatic carbocycles. The molecular weight excluding hydrogens is 318 g/mol. The van der Waals surface area contributed by atoms with Crippen molar-refractivity contribution in [1.82, 2.24) is 0 Å². The molecule has 0 aliphatic heterocycles. The molecule has 0 radical (unpaired) electrons. The minimum Gasteiger partial charge on any atom is -0.494 e. The minimum absolute atomic E-state index is 0.477. The molecule has 2 rings (SSSR count). The van der Waals surface area contributed by atoms with Crippen LogP contribution in [0.15, 0.2) is 36.4 Å². The van der Waals surface area contributed by atoms with E-state index in [1.54, 1.807) is 0 Å². The Bertz CT molecular complexity index is 713. The zero-order chi connectivity index (χ0) is 17.5. The van der Waals surface area contributed by atoms with E-state index in [1.165, 1.54) is 5.56 Å². The zero-order valence-corrected chi connectivity index (χ0v) is 15.6. The van der Waals surface area contributed by atoms with Gasteiger partial charge in [0.2, 0.25) is 0 Å². The summed E-state index contributed by atoms with van der Waals surface area (Å²) in [6, 6.07) is 12.2. The van der Waals surface area contributed by atoms with Gasteiger partial charge in [0.1, 0.15) is 18.1 Å². The van der Waals surface area contributed by atoms with Crippen molar-refractivity contribution >= 4 is 22.9 Å². The fourth-order valence-corrected chi connectivity index (χ4v) is 2.52. The first-order valence-electron chi connectivity index (χ1n) is 8.29. The Morgan fingerprint density at radius 2 is 1.83 bits per heavy atom. The maximum atomic E-state index is 6.01. The number of ether oxygens (including phenoxy) is 2. The molecule has 0 bridgehead atoms. The normalized spacial score (nSPS) is 10.3. The van der Waals surface area contributed by atoms with Crippen LogP contribution in [0.2, 0.25) is 0 Å². The predicted molar refractivity (Wildman–Crippen MR) is 104 cm³/mol. The van der Waals surface area contributed by atoms with E-state index in [1.807, 2.05) is 38.1 Å². The van der Waals surface area contributed by atoms with Crippen molar-refractivity contribution in [2.24, 2.45) is 0 Å². The zero-order valence-electron chi connectivity index (χ0n) is 14.8. The minimum atomic E-state index is 0.477. The number of aryl methyl sites for hydroxylation is 2.